The molecule has 12 heteroatoms. The van der Waals surface area contributed by atoms with Gasteiger partial charge in [-0.25, -0.2) is 9.59 Å². The smallest absolute Gasteiger partial charge is 0.328 e. The van der Waals surface area contributed by atoms with Gasteiger partial charge < -0.3 is 34.3 Å². The monoisotopic (exact) mass is 622 g/mol. The minimum absolute atomic E-state index is 0.0436. The molecule has 2 saturated heterocycles. The number of rotatable bonds is 10. The Hall–Kier alpha value is -4.28. The summed E-state index contributed by atoms with van der Waals surface area (Å²) in [6.45, 7) is 6.93. The molecule has 1 aromatic heterocycles. The average molecular weight is 623 g/mol. The predicted octanol–water partition coefficient (Wildman–Crippen LogP) is 4.15. The van der Waals surface area contributed by atoms with Gasteiger partial charge in [0, 0.05) is 29.6 Å². The number of hydrogen-bond donors (Lipinski definition) is 3. The van der Waals surface area contributed by atoms with Crippen LogP contribution in [0.15, 0.2) is 53.1 Å². The summed E-state index contributed by atoms with van der Waals surface area (Å²) in [5.74, 6) is -1.03. The summed E-state index contributed by atoms with van der Waals surface area (Å²) in [6, 6.07) is 13.7. The van der Waals surface area contributed by atoms with E-state index < -0.39 is 11.9 Å². The van der Waals surface area contributed by atoms with E-state index in [4.69, 9.17) is 34.2 Å². The van der Waals surface area contributed by atoms with Crippen molar-refractivity contribution in [3.63, 3.8) is 0 Å². The molecule has 242 valence electrons. The molecular formula is C33H42N4O8. The van der Waals surface area contributed by atoms with Crippen molar-refractivity contribution in [1.82, 2.24) is 15.4 Å². The maximum Gasteiger partial charge on any atom is 0.328 e. The number of carboxylic acids is 2. The number of carboxylic acid groups (broad SMARTS) is 2. The molecule has 2 aliphatic rings. The second-order valence-corrected chi connectivity index (χ2v) is 10.8. The molecule has 45 heavy (non-hydrogen) atoms. The predicted molar refractivity (Wildman–Crippen MR) is 167 cm³/mol. The number of nitrogens with one attached hydrogen (secondary N) is 1. The van der Waals surface area contributed by atoms with Gasteiger partial charge in [0.15, 0.2) is 11.9 Å². The summed E-state index contributed by atoms with van der Waals surface area (Å²) < 4.78 is 22.9. The van der Waals surface area contributed by atoms with Gasteiger partial charge in [-0.3, -0.25) is 4.90 Å². The fourth-order valence-corrected chi connectivity index (χ4v) is 5.06. The Morgan fingerprint density at radius 1 is 1.11 bits per heavy atom. The highest BCUT2D eigenvalue weighted by Gasteiger charge is 2.25. The molecule has 12 nitrogen and oxygen atoms in total. The topological polar surface area (TPSA) is 167 Å². The molecule has 2 aliphatic heterocycles. The van der Waals surface area contributed by atoms with Gasteiger partial charge in [0.2, 0.25) is 0 Å². The van der Waals surface area contributed by atoms with Crippen molar-refractivity contribution in [2.45, 2.75) is 45.5 Å². The van der Waals surface area contributed by atoms with Crippen molar-refractivity contribution in [1.29, 1.82) is 5.26 Å². The highest BCUT2D eigenvalue weighted by atomic mass is 16.7. The number of nitrogens with zero attached hydrogens (tertiary/aromatic N) is 3. The summed E-state index contributed by atoms with van der Waals surface area (Å²) in [5.41, 5.74) is 4.38. The maximum atomic E-state index is 9.55. The number of aromatic nitrogens is 1. The summed E-state index contributed by atoms with van der Waals surface area (Å²) in [6.07, 6.45) is 5.52. The fourth-order valence-electron chi connectivity index (χ4n) is 5.06. The molecule has 0 amide bonds. The highest BCUT2D eigenvalue weighted by molar-refractivity contribution is 5.89. The third kappa shape index (κ3) is 11.6. The second kappa shape index (κ2) is 18.5. The summed E-state index contributed by atoms with van der Waals surface area (Å²) in [4.78, 5) is 21.6. The van der Waals surface area contributed by atoms with Crippen LogP contribution in [0.25, 0.3) is 11.0 Å². The Morgan fingerprint density at radius 2 is 1.78 bits per heavy atom. The number of ether oxygens (including phenoxy) is 3. The SMILES string of the molecule is CNC.Cc1c(OCc2cccc(C#N)c2)ccc2c(CCC3CCN(CC4OCCO4)CC3)noc12.O=C(O)C=CC(=O)O. The van der Waals surface area contributed by atoms with Gasteiger partial charge in [0.25, 0.3) is 0 Å². The zero-order valence-electron chi connectivity index (χ0n) is 26.0. The van der Waals surface area contributed by atoms with E-state index >= 15 is 0 Å². The Morgan fingerprint density at radius 3 is 2.40 bits per heavy atom. The molecule has 0 atom stereocenters. The van der Waals surface area contributed by atoms with Crippen LogP contribution in [0.5, 0.6) is 5.75 Å². The number of fused-ring (bicyclic) bond motifs is 1. The van der Waals surface area contributed by atoms with Crippen molar-refractivity contribution in [2.24, 2.45) is 5.92 Å². The minimum atomic E-state index is -1.26. The van der Waals surface area contributed by atoms with Crippen LogP contribution in [-0.2, 0) is 32.1 Å². The molecule has 3 N–H and O–H groups in total. The lowest BCUT2D eigenvalue weighted by Gasteiger charge is -2.32. The third-order valence-electron chi connectivity index (χ3n) is 7.33. The largest absolute Gasteiger partial charge is 0.488 e. The number of carbonyl (C=O) groups is 2. The Balaban J connectivity index is 0.000000434. The molecule has 0 radical (unpaired) electrons. The number of nitriles is 1. The molecular weight excluding hydrogens is 580 g/mol. The number of likely N-dealkylation sites (tertiary alicyclic amines) is 1. The van der Waals surface area contributed by atoms with Crippen molar-refractivity contribution in [3.8, 4) is 11.8 Å². The van der Waals surface area contributed by atoms with Gasteiger partial charge in [0.1, 0.15) is 12.4 Å². The molecule has 0 aliphatic carbocycles. The van der Waals surface area contributed by atoms with Crippen LogP contribution < -0.4 is 10.1 Å². The van der Waals surface area contributed by atoms with Crippen LogP contribution in [0.2, 0.25) is 0 Å². The molecule has 0 unspecified atom stereocenters. The van der Waals surface area contributed by atoms with Crippen LogP contribution >= 0.6 is 0 Å². The average Bonchev–Trinajstić information content (AvgIpc) is 3.70. The summed E-state index contributed by atoms with van der Waals surface area (Å²) >= 11 is 0. The molecule has 5 rings (SSSR count). The minimum Gasteiger partial charge on any atom is -0.488 e. The molecule has 2 aromatic carbocycles. The first-order chi connectivity index (χ1) is 21.7. The first-order valence-corrected chi connectivity index (χ1v) is 14.9. The Bertz CT molecular complexity index is 1430. The molecule has 2 fully saturated rings. The standard InChI is InChI=1S/C27H31N3O4.C4H4O4.C2H7N/c1-19-25(33-18-22-4-2-3-21(15-22)16-28)8-6-23-24(29-34-27(19)23)7-5-20-9-11-30(12-10-20)17-26-31-13-14-32-26;5-3(6)1-2-4(7)8;1-3-2/h2-4,6,8,15,20,26H,5,7,9-14,17-18H2,1H3;1-2H,(H,5,6)(H,7,8);3H,1-2H3. The molecule has 3 aromatic rings. The van der Waals surface area contributed by atoms with Gasteiger partial charge in [-0.15, -0.1) is 0 Å². The van der Waals surface area contributed by atoms with E-state index in [9.17, 15) is 9.59 Å². The lowest BCUT2D eigenvalue weighted by atomic mass is 9.91. The van der Waals surface area contributed by atoms with Crippen LogP contribution in [0.3, 0.4) is 0 Å². The normalized spacial score (nSPS) is 15.6. The van der Waals surface area contributed by atoms with Crippen molar-refractivity contribution >= 4 is 22.9 Å². The fraction of sp³-hybridized carbons (Fsp3) is 0.455. The van der Waals surface area contributed by atoms with Crippen LogP contribution in [0.1, 0.15) is 41.6 Å². The van der Waals surface area contributed by atoms with Crippen molar-refractivity contribution in [2.75, 3.05) is 46.9 Å². The molecule has 0 bridgehead atoms. The van der Waals surface area contributed by atoms with Crippen molar-refractivity contribution < 1.29 is 38.5 Å². The maximum absolute atomic E-state index is 9.55. The molecule has 3 heterocycles. The number of piperidine rings is 1. The number of aryl methyl sites for hydroxylation is 2. The third-order valence-corrected chi connectivity index (χ3v) is 7.33. The van der Waals surface area contributed by atoms with Gasteiger partial charge >= 0.3 is 11.9 Å². The number of benzene rings is 2. The Labute approximate surface area is 263 Å². The summed E-state index contributed by atoms with van der Waals surface area (Å²) in [7, 11) is 3.75. The van der Waals surface area contributed by atoms with E-state index in [1.165, 1.54) is 12.8 Å². The van der Waals surface area contributed by atoms with E-state index in [1.807, 2.05) is 45.3 Å². The van der Waals surface area contributed by atoms with E-state index in [0.717, 1.165) is 79.2 Å². The lowest BCUT2D eigenvalue weighted by Crippen LogP contribution is -2.39. The zero-order valence-corrected chi connectivity index (χ0v) is 26.0. The van der Waals surface area contributed by atoms with Crippen LogP contribution in [-0.4, -0.2) is 85.4 Å². The van der Waals surface area contributed by atoms with Gasteiger partial charge in [-0.1, -0.05) is 17.3 Å². The molecule has 0 spiro atoms. The van der Waals surface area contributed by atoms with Gasteiger partial charge in [-0.2, -0.15) is 5.26 Å². The van der Waals surface area contributed by atoms with Gasteiger partial charge in [0.05, 0.1) is 30.5 Å². The zero-order chi connectivity index (χ0) is 32.6. The van der Waals surface area contributed by atoms with Crippen LogP contribution in [0, 0.1) is 24.2 Å². The second-order valence-electron chi connectivity index (χ2n) is 10.8. The number of aliphatic carboxylic acids is 2. The summed E-state index contributed by atoms with van der Waals surface area (Å²) in [5, 5.41) is 32.9. The van der Waals surface area contributed by atoms with Gasteiger partial charge in [-0.05, 0) is 95.5 Å². The first-order valence-electron chi connectivity index (χ1n) is 14.9. The van der Waals surface area contributed by atoms with Crippen molar-refractivity contribution in [3.05, 3.63) is 70.9 Å². The van der Waals surface area contributed by atoms with E-state index in [-0.39, 0.29) is 6.29 Å². The van der Waals surface area contributed by atoms with E-state index in [2.05, 4.69) is 27.5 Å². The number of hydrogen-bond acceptors (Lipinski definition) is 10. The van der Waals surface area contributed by atoms with Crippen LogP contribution in [0.4, 0.5) is 0 Å². The Kier molecular flexibility index (Phi) is 14.5. The van der Waals surface area contributed by atoms with E-state index in [1.54, 1.807) is 6.07 Å². The highest BCUT2D eigenvalue weighted by Crippen LogP contribution is 2.32. The quantitative estimate of drug-likeness (QED) is 0.277. The molecule has 0 saturated carbocycles. The van der Waals surface area contributed by atoms with E-state index in [0.29, 0.717) is 30.2 Å². The first kappa shape index (κ1) is 35.2. The lowest BCUT2D eigenvalue weighted by molar-refractivity contribution is -0.134.